The van der Waals surface area contributed by atoms with E-state index in [-0.39, 0.29) is 8.72 Å². The molecule has 0 saturated heterocycles. The Morgan fingerprint density at radius 2 is 2.17 bits per heavy atom. The van der Waals surface area contributed by atoms with Crippen molar-refractivity contribution in [2.75, 3.05) is 0 Å². The number of pyridine rings is 1. The number of halogens is 4. The van der Waals surface area contributed by atoms with Crippen molar-refractivity contribution in [1.82, 2.24) is 4.98 Å². The molecule has 1 heterocycles. The largest absolute Gasteiger partial charge is 0.506 e. The summed E-state index contributed by atoms with van der Waals surface area (Å²) in [5.74, 6) is -0.529. The van der Waals surface area contributed by atoms with E-state index in [2.05, 4.69) is 4.98 Å². The molecule has 0 aromatic carbocycles. The number of nitrogens with zero attached hydrogens (tertiary/aromatic N) is 1. The van der Waals surface area contributed by atoms with Gasteiger partial charge >= 0.3 is 0 Å². The number of alkyl halides is 2. The van der Waals surface area contributed by atoms with E-state index in [0.29, 0.717) is 0 Å². The van der Waals surface area contributed by atoms with Crippen LogP contribution in [0.5, 0.6) is 5.75 Å². The lowest BCUT2D eigenvalue weighted by Gasteiger charge is -2.05. The SMILES string of the molecule is Oc1cnc(Cl)c(I)c1C(F)F. The maximum Gasteiger partial charge on any atom is 0.268 e. The van der Waals surface area contributed by atoms with Gasteiger partial charge in [0, 0.05) is 0 Å². The minimum absolute atomic E-state index is 0.0244. The van der Waals surface area contributed by atoms with Crippen LogP contribution in [0.2, 0.25) is 5.15 Å². The van der Waals surface area contributed by atoms with Crippen LogP contribution in [-0.2, 0) is 0 Å². The Balaban J connectivity index is 3.33. The average molecular weight is 305 g/mol. The van der Waals surface area contributed by atoms with Gasteiger partial charge in [-0.15, -0.1) is 0 Å². The minimum Gasteiger partial charge on any atom is -0.506 e. The average Bonchev–Trinajstić information content (AvgIpc) is 1.97. The van der Waals surface area contributed by atoms with Gasteiger partial charge in [-0.25, -0.2) is 13.8 Å². The van der Waals surface area contributed by atoms with E-state index in [4.69, 9.17) is 16.7 Å². The first-order chi connectivity index (χ1) is 5.54. The molecule has 1 aromatic heterocycles. The quantitative estimate of drug-likeness (QED) is 0.639. The lowest BCUT2D eigenvalue weighted by atomic mass is 10.2. The third kappa shape index (κ3) is 1.77. The van der Waals surface area contributed by atoms with Gasteiger partial charge in [0.1, 0.15) is 10.9 Å². The van der Waals surface area contributed by atoms with Gasteiger partial charge in [0.05, 0.1) is 15.3 Å². The molecule has 0 bridgehead atoms. The number of aromatic hydroxyl groups is 1. The molecule has 66 valence electrons. The Morgan fingerprint density at radius 3 is 2.58 bits per heavy atom. The normalized spacial score (nSPS) is 10.8. The zero-order valence-corrected chi connectivity index (χ0v) is 8.47. The van der Waals surface area contributed by atoms with Crippen LogP contribution in [0, 0.1) is 3.57 Å². The van der Waals surface area contributed by atoms with Crippen molar-refractivity contribution >= 4 is 34.2 Å². The molecule has 0 fully saturated rings. The monoisotopic (exact) mass is 305 g/mol. The second-order valence-electron chi connectivity index (χ2n) is 1.96. The van der Waals surface area contributed by atoms with Gasteiger partial charge < -0.3 is 5.11 Å². The van der Waals surface area contributed by atoms with Gasteiger partial charge in [0.25, 0.3) is 6.43 Å². The molecule has 6 heteroatoms. The van der Waals surface area contributed by atoms with E-state index in [1.54, 1.807) is 22.6 Å². The Morgan fingerprint density at radius 1 is 1.58 bits per heavy atom. The molecule has 0 atom stereocenters. The van der Waals surface area contributed by atoms with Crippen LogP contribution in [0.3, 0.4) is 0 Å². The standard InChI is InChI=1S/C6H3ClF2INO/c7-5-4(10)3(6(8)9)2(12)1-11-5/h1,6,12H. The molecule has 0 aliphatic rings. The second kappa shape index (κ2) is 3.69. The molecule has 1 rings (SSSR count). The fourth-order valence-corrected chi connectivity index (χ4v) is 1.48. The van der Waals surface area contributed by atoms with Crippen LogP contribution in [0.15, 0.2) is 6.20 Å². The number of hydrogen-bond donors (Lipinski definition) is 1. The first kappa shape index (κ1) is 9.91. The van der Waals surface area contributed by atoms with E-state index in [1.807, 2.05) is 0 Å². The van der Waals surface area contributed by atoms with Crippen LogP contribution >= 0.6 is 34.2 Å². The molecule has 0 radical (unpaired) electrons. The van der Waals surface area contributed by atoms with Crippen molar-refractivity contribution in [2.24, 2.45) is 0 Å². The van der Waals surface area contributed by atoms with Crippen molar-refractivity contribution in [3.8, 4) is 5.75 Å². The summed E-state index contributed by atoms with van der Waals surface area (Å²) in [5.41, 5.74) is -0.462. The van der Waals surface area contributed by atoms with E-state index in [1.165, 1.54) is 0 Å². The number of rotatable bonds is 1. The summed E-state index contributed by atoms with van der Waals surface area (Å²) in [6.07, 6.45) is -1.83. The summed E-state index contributed by atoms with van der Waals surface area (Å²) in [4.78, 5) is 3.50. The van der Waals surface area contributed by atoms with Crippen LogP contribution < -0.4 is 0 Å². The third-order valence-electron chi connectivity index (χ3n) is 1.21. The Labute approximate surface area is 85.7 Å². The van der Waals surface area contributed by atoms with Gasteiger partial charge in [-0.3, -0.25) is 0 Å². The number of hydrogen-bond acceptors (Lipinski definition) is 2. The van der Waals surface area contributed by atoms with Crippen molar-refractivity contribution in [2.45, 2.75) is 6.43 Å². The smallest absolute Gasteiger partial charge is 0.268 e. The zero-order valence-electron chi connectivity index (χ0n) is 5.56. The summed E-state index contributed by atoms with van der Waals surface area (Å²) in [6, 6.07) is 0. The van der Waals surface area contributed by atoms with Crippen LogP contribution in [0.25, 0.3) is 0 Å². The Hall–Kier alpha value is -0.170. The van der Waals surface area contributed by atoms with Crippen LogP contribution in [0.1, 0.15) is 12.0 Å². The fraction of sp³-hybridized carbons (Fsp3) is 0.167. The minimum atomic E-state index is -2.74. The van der Waals surface area contributed by atoms with E-state index < -0.39 is 17.7 Å². The highest BCUT2D eigenvalue weighted by Crippen LogP contribution is 2.34. The van der Waals surface area contributed by atoms with Gasteiger partial charge in [-0.1, -0.05) is 11.6 Å². The molecule has 12 heavy (non-hydrogen) atoms. The topological polar surface area (TPSA) is 33.1 Å². The van der Waals surface area contributed by atoms with Crippen molar-refractivity contribution < 1.29 is 13.9 Å². The lowest BCUT2D eigenvalue weighted by Crippen LogP contribution is -1.93. The molecule has 0 saturated carbocycles. The summed E-state index contributed by atoms with van der Waals surface area (Å²) >= 11 is 7.08. The molecule has 0 aliphatic heterocycles. The van der Waals surface area contributed by atoms with Crippen molar-refractivity contribution in [1.29, 1.82) is 0 Å². The van der Waals surface area contributed by atoms with Gasteiger partial charge in [0.2, 0.25) is 0 Å². The highest BCUT2D eigenvalue weighted by Gasteiger charge is 2.19. The summed E-state index contributed by atoms with van der Waals surface area (Å²) in [6.45, 7) is 0. The highest BCUT2D eigenvalue weighted by atomic mass is 127. The first-order valence-corrected chi connectivity index (χ1v) is 4.30. The van der Waals surface area contributed by atoms with Crippen molar-refractivity contribution in [3.05, 3.63) is 20.5 Å². The lowest BCUT2D eigenvalue weighted by molar-refractivity contribution is 0.146. The Kier molecular flexibility index (Phi) is 3.05. The van der Waals surface area contributed by atoms with E-state index in [0.717, 1.165) is 6.20 Å². The number of aromatic nitrogens is 1. The maximum absolute atomic E-state index is 12.2. The molecule has 2 nitrogen and oxygen atoms in total. The summed E-state index contributed by atoms with van der Waals surface area (Å²) in [7, 11) is 0. The molecular weight excluding hydrogens is 302 g/mol. The molecule has 0 spiro atoms. The Bertz CT molecular complexity index is 308. The zero-order chi connectivity index (χ0) is 9.30. The predicted octanol–water partition coefficient (Wildman–Crippen LogP) is 2.98. The summed E-state index contributed by atoms with van der Waals surface area (Å²) in [5, 5.41) is 8.96. The van der Waals surface area contributed by atoms with Gasteiger partial charge in [-0.05, 0) is 22.6 Å². The molecule has 0 unspecified atom stereocenters. The molecule has 1 aromatic rings. The first-order valence-electron chi connectivity index (χ1n) is 2.85. The maximum atomic E-state index is 12.2. The fourth-order valence-electron chi connectivity index (χ4n) is 0.675. The van der Waals surface area contributed by atoms with E-state index in [9.17, 15) is 8.78 Å². The van der Waals surface area contributed by atoms with Gasteiger partial charge in [-0.2, -0.15) is 0 Å². The predicted molar refractivity (Wildman–Crippen MR) is 48.6 cm³/mol. The van der Waals surface area contributed by atoms with Crippen molar-refractivity contribution in [3.63, 3.8) is 0 Å². The molecule has 0 aliphatic carbocycles. The molecular formula is C6H3ClF2INO. The third-order valence-corrected chi connectivity index (χ3v) is 2.91. The second-order valence-corrected chi connectivity index (χ2v) is 3.40. The van der Waals surface area contributed by atoms with Crippen LogP contribution in [-0.4, -0.2) is 10.1 Å². The van der Waals surface area contributed by atoms with E-state index >= 15 is 0 Å². The van der Waals surface area contributed by atoms with Gasteiger partial charge in [0.15, 0.2) is 0 Å². The highest BCUT2D eigenvalue weighted by molar-refractivity contribution is 14.1. The van der Waals surface area contributed by atoms with Crippen LogP contribution in [0.4, 0.5) is 8.78 Å². The molecule has 1 N–H and O–H groups in total. The molecule has 0 amide bonds. The summed E-state index contributed by atoms with van der Waals surface area (Å²) < 4.78 is 24.5.